The predicted molar refractivity (Wildman–Crippen MR) is 147 cm³/mol. The first-order valence-corrected chi connectivity index (χ1v) is 13.6. The number of benzene rings is 3. The van der Waals surface area contributed by atoms with E-state index in [0.29, 0.717) is 52.3 Å². The summed E-state index contributed by atoms with van der Waals surface area (Å²) in [4.78, 5) is 27.2. The van der Waals surface area contributed by atoms with Crippen molar-refractivity contribution >= 4 is 84.0 Å². The molecule has 36 heavy (non-hydrogen) atoms. The zero-order chi connectivity index (χ0) is 25.4. The molecule has 5 rings (SSSR count). The molecule has 1 fully saturated rings. The Labute approximate surface area is 237 Å². The number of rotatable bonds is 6. The van der Waals surface area contributed by atoms with Gasteiger partial charge in [0.15, 0.2) is 11.5 Å². The lowest BCUT2D eigenvalue weighted by Crippen LogP contribution is -2.27. The summed E-state index contributed by atoms with van der Waals surface area (Å²) in [7, 11) is 0. The molecular formula is C25H15Br2Cl2NO5S. The third kappa shape index (κ3) is 5.26. The highest BCUT2D eigenvalue weighted by atomic mass is 79.9. The van der Waals surface area contributed by atoms with Gasteiger partial charge in [0.25, 0.3) is 11.1 Å². The maximum absolute atomic E-state index is 13.1. The summed E-state index contributed by atoms with van der Waals surface area (Å²) in [5, 5.41) is 0.638. The second-order valence-electron chi connectivity index (χ2n) is 7.76. The number of carbonyl (C=O) groups is 2. The van der Waals surface area contributed by atoms with Gasteiger partial charge in [-0.2, -0.15) is 0 Å². The summed E-state index contributed by atoms with van der Waals surface area (Å²) in [5.41, 5.74) is 2.17. The van der Waals surface area contributed by atoms with Gasteiger partial charge in [0.05, 0.1) is 20.4 Å². The van der Waals surface area contributed by atoms with Crippen molar-refractivity contribution in [1.29, 1.82) is 0 Å². The number of amides is 2. The largest absolute Gasteiger partial charge is 0.486 e. The van der Waals surface area contributed by atoms with Gasteiger partial charge in [-0.15, -0.1) is 0 Å². The van der Waals surface area contributed by atoms with E-state index < -0.39 is 5.91 Å². The fourth-order valence-electron chi connectivity index (χ4n) is 3.60. The topological polar surface area (TPSA) is 65.1 Å². The van der Waals surface area contributed by atoms with Crippen LogP contribution in [0, 0.1) is 0 Å². The number of ether oxygens (including phenoxy) is 3. The van der Waals surface area contributed by atoms with Gasteiger partial charge in [-0.25, -0.2) is 0 Å². The molecule has 6 nitrogen and oxygen atoms in total. The number of fused-ring (bicyclic) bond motifs is 1. The highest BCUT2D eigenvalue weighted by Gasteiger charge is 2.36. The highest BCUT2D eigenvalue weighted by molar-refractivity contribution is 9.11. The smallest absolute Gasteiger partial charge is 0.293 e. The molecule has 2 aliphatic heterocycles. The SMILES string of the molecule is O=C1S/C(=C\c2cc(Br)c(OCc3ccccc3Cl)c(Br)c2)C(=O)N1Cc1cc2c(cc1Cl)OCO2. The van der Waals surface area contributed by atoms with Crippen LogP contribution in [-0.4, -0.2) is 22.8 Å². The Bertz CT molecular complexity index is 1410. The molecule has 3 aromatic rings. The van der Waals surface area contributed by atoms with Crippen LogP contribution in [0.3, 0.4) is 0 Å². The molecule has 0 saturated carbocycles. The number of hydrogen-bond donors (Lipinski definition) is 0. The number of hydrogen-bond acceptors (Lipinski definition) is 6. The van der Waals surface area contributed by atoms with Crippen LogP contribution in [-0.2, 0) is 17.9 Å². The van der Waals surface area contributed by atoms with Crippen molar-refractivity contribution in [2.45, 2.75) is 13.2 Å². The average molecular weight is 672 g/mol. The van der Waals surface area contributed by atoms with E-state index in [2.05, 4.69) is 31.9 Å². The lowest BCUT2D eigenvalue weighted by Gasteiger charge is -2.14. The molecule has 2 aliphatic rings. The van der Waals surface area contributed by atoms with Crippen molar-refractivity contribution in [2.24, 2.45) is 0 Å². The van der Waals surface area contributed by atoms with Crippen molar-refractivity contribution in [1.82, 2.24) is 4.90 Å². The molecule has 1 saturated heterocycles. The molecule has 0 spiro atoms. The van der Waals surface area contributed by atoms with Crippen molar-refractivity contribution in [3.05, 3.63) is 89.1 Å². The Kier molecular flexibility index (Phi) is 7.55. The molecule has 0 N–H and O–H groups in total. The van der Waals surface area contributed by atoms with E-state index in [9.17, 15) is 9.59 Å². The van der Waals surface area contributed by atoms with Crippen molar-refractivity contribution in [3.63, 3.8) is 0 Å². The average Bonchev–Trinajstić information content (AvgIpc) is 3.38. The molecule has 3 aromatic carbocycles. The molecule has 0 unspecified atom stereocenters. The van der Waals surface area contributed by atoms with Crippen LogP contribution in [0.2, 0.25) is 10.0 Å². The monoisotopic (exact) mass is 669 g/mol. The van der Waals surface area contributed by atoms with Gasteiger partial charge in [0, 0.05) is 21.7 Å². The molecular weight excluding hydrogens is 657 g/mol. The fourth-order valence-corrected chi connectivity index (χ4v) is 6.30. The van der Waals surface area contributed by atoms with Gasteiger partial charge < -0.3 is 14.2 Å². The minimum Gasteiger partial charge on any atom is -0.486 e. The maximum atomic E-state index is 13.1. The third-order valence-electron chi connectivity index (χ3n) is 5.39. The van der Waals surface area contributed by atoms with Gasteiger partial charge in [-0.05, 0) is 85.1 Å². The Morgan fingerprint density at radius 1 is 0.972 bits per heavy atom. The number of nitrogens with zero attached hydrogens (tertiary/aromatic N) is 1. The minimum absolute atomic E-state index is 0.0275. The molecule has 0 atom stereocenters. The van der Waals surface area contributed by atoms with Crippen LogP contribution < -0.4 is 14.2 Å². The summed E-state index contributed by atoms with van der Waals surface area (Å²) in [6.45, 7) is 0.422. The van der Waals surface area contributed by atoms with E-state index in [4.69, 9.17) is 37.4 Å². The molecule has 2 amide bonds. The summed E-state index contributed by atoms with van der Waals surface area (Å²) < 4.78 is 18.0. The van der Waals surface area contributed by atoms with E-state index >= 15 is 0 Å². The van der Waals surface area contributed by atoms with E-state index in [0.717, 1.165) is 22.2 Å². The maximum Gasteiger partial charge on any atom is 0.293 e. The predicted octanol–water partition coefficient (Wildman–Crippen LogP) is 8.06. The van der Waals surface area contributed by atoms with Crippen molar-refractivity contribution < 1.29 is 23.8 Å². The zero-order valence-electron chi connectivity index (χ0n) is 18.2. The summed E-state index contributed by atoms with van der Waals surface area (Å²) in [6.07, 6.45) is 1.67. The van der Waals surface area contributed by atoms with Gasteiger partial charge in [-0.1, -0.05) is 41.4 Å². The van der Waals surface area contributed by atoms with Crippen molar-refractivity contribution in [2.75, 3.05) is 6.79 Å². The first-order valence-electron chi connectivity index (χ1n) is 10.5. The van der Waals surface area contributed by atoms with Gasteiger partial charge in [0.2, 0.25) is 6.79 Å². The van der Waals surface area contributed by atoms with Gasteiger partial charge >= 0.3 is 0 Å². The second-order valence-corrected chi connectivity index (χ2v) is 11.3. The van der Waals surface area contributed by atoms with Gasteiger partial charge in [0.1, 0.15) is 12.4 Å². The normalized spacial score (nSPS) is 15.8. The molecule has 0 radical (unpaired) electrons. The van der Waals surface area contributed by atoms with E-state index in [1.807, 2.05) is 30.3 Å². The Balaban J connectivity index is 1.33. The second kappa shape index (κ2) is 10.7. The Morgan fingerprint density at radius 3 is 2.39 bits per heavy atom. The van der Waals surface area contributed by atoms with E-state index in [1.54, 1.807) is 24.3 Å². The molecule has 2 heterocycles. The van der Waals surface area contributed by atoms with E-state index in [1.165, 1.54) is 0 Å². The van der Waals surface area contributed by atoms with Gasteiger partial charge in [-0.3, -0.25) is 14.5 Å². The van der Waals surface area contributed by atoms with Crippen LogP contribution in [0.15, 0.2) is 62.4 Å². The van der Waals surface area contributed by atoms with Crippen LogP contribution in [0.25, 0.3) is 6.08 Å². The Morgan fingerprint density at radius 2 is 1.67 bits per heavy atom. The number of imide groups is 1. The minimum atomic E-state index is -0.398. The van der Waals surface area contributed by atoms with Crippen molar-refractivity contribution in [3.8, 4) is 17.2 Å². The summed E-state index contributed by atoms with van der Waals surface area (Å²) >= 11 is 20.5. The Hall–Kier alpha value is -2.17. The van der Waals surface area contributed by atoms with Crippen LogP contribution in [0.1, 0.15) is 16.7 Å². The zero-order valence-corrected chi connectivity index (χ0v) is 23.7. The third-order valence-corrected chi connectivity index (χ3v) is 8.20. The van der Waals surface area contributed by atoms with Crippen LogP contribution in [0.4, 0.5) is 4.79 Å². The molecule has 184 valence electrons. The lowest BCUT2D eigenvalue weighted by molar-refractivity contribution is -0.123. The quantitative estimate of drug-likeness (QED) is 0.247. The number of halogens is 4. The first-order chi connectivity index (χ1) is 17.3. The molecule has 0 aliphatic carbocycles. The highest BCUT2D eigenvalue weighted by Crippen LogP contribution is 2.41. The van der Waals surface area contributed by atoms with Crippen LogP contribution >= 0.6 is 66.8 Å². The van der Waals surface area contributed by atoms with E-state index in [-0.39, 0.29) is 25.2 Å². The fraction of sp³-hybridized carbons (Fsp3) is 0.120. The molecule has 11 heteroatoms. The molecule has 0 aromatic heterocycles. The molecule has 0 bridgehead atoms. The van der Waals surface area contributed by atoms with Crippen LogP contribution in [0.5, 0.6) is 17.2 Å². The first kappa shape index (κ1) is 25.5. The number of carbonyl (C=O) groups excluding carboxylic acids is 2. The lowest BCUT2D eigenvalue weighted by atomic mass is 10.1. The standard InChI is InChI=1S/C25H15Br2Cl2NO5S/c26-16-5-13(6-17(27)23(16)33-11-14-3-1-2-4-18(14)28)7-22-24(31)30(25(32)36-22)10-15-8-20-21(9-19(15)29)35-12-34-20/h1-9H,10-12H2/b22-7-. The summed E-state index contributed by atoms with van der Waals surface area (Å²) in [5.74, 6) is 1.26. The number of thioether (sulfide) groups is 1. The summed E-state index contributed by atoms with van der Waals surface area (Å²) in [6, 6.07) is 14.4.